The maximum atomic E-state index is 12.2. The van der Waals surface area contributed by atoms with Crippen molar-refractivity contribution < 1.29 is 9.53 Å². The van der Waals surface area contributed by atoms with Crippen LogP contribution in [0.1, 0.15) is 10.4 Å². The Morgan fingerprint density at radius 3 is 2.55 bits per heavy atom. The van der Waals surface area contributed by atoms with Crippen molar-refractivity contribution in [3.05, 3.63) is 52.1 Å². The average Bonchev–Trinajstić information content (AvgIpc) is 2.75. The van der Waals surface area contributed by atoms with Gasteiger partial charge in [0.15, 0.2) is 0 Å². The van der Waals surface area contributed by atoms with E-state index in [1.54, 1.807) is 25.3 Å². The lowest BCUT2D eigenvalue weighted by atomic mass is 10.1. The first-order valence-corrected chi connectivity index (χ1v) is 10.6. The van der Waals surface area contributed by atoms with Gasteiger partial charge in [-0.25, -0.2) is 0 Å². The van der Waals surface area contributed by atoms with Crippen LogP contribution in [-0.4, -0.2) is 56.1 Å². The molecule has 2 heterocycles. The van der Waals surface area contributed by atoms with Crippen molar-refractivity contribution in [1.29, 1.82) is 0 Å². The molecule has 1 aliphatic rings. The molecule has 2 aromatic carbocycles. The van der Waals surface area contributed by atoms with E-state index in [-0.39, 0.29) is 5.56 Å². The van der Waals surface area contributed by atoms with Gasteiger partial charge >= 0.3 is 0 Å². The minimum Gasteiger partial charge on any atom is -0.495 e. The zero-order chi connectivity index (χ0) is 22.1. The van der Waals surface area contributed by atoms with Crippen LogP contribution in [0, 0.1) is 0 Å². The van der Waals surface area contributed by atoms with Crippen molar-refractivity contribution >= 4 is 57.1 Å². The van der Waals surface area contributed by atoms with Crippen LogP contribution in [0.3, 0.4) is 0 Å². The molecule has 1 fully saturated rings. The molecule has 0 bridgehead atoms. The van der Waals surface area contributed by atoms with Crippen LogP contribution in [0.15, 0.2) is 36.5 Å². The van der Waals surface area contributed by atoms with E-state index in [0.29, 0.717) is 26.9 Å². The second-order valence-corrected chi connectivity index (χ2v) is 8.34. The fraction of sp³-hybridized carbons (Fsp3) is 0.273. The third-order valence-corrected chi connectivity index (χ3v) is 6.02. The Balaban J connectivity index is 1.88. The minimum absolute atomic E-state index is 0.271. The number of nitrogens with one attached hydrogen (secondary N) is 1. The van der Waals surface area contributed by atoms with Gasteiger partial charge in [0.05, 0.1) is 40.3 Å². The fourth-order valence-corrected chi connectivity index (χ4v) is 4.17. The molecule has 9 heteroatoms. The number of amides is 1. The first kappa shape index (κ1) is 21.5. The highest BCUT2D eigenvalue weighted by atomic mass is 35.5. The number of hydrogen-bond acceptors (Lipinski definition) is 6. The number of likely N-dealkylation sites (N-methyl/N-ethyl adjacent to an activating group) is 1. The fourth-order valence-electron chi connectivity index (χ4n) is 3.71. The monoisotopic (exact) mass is 459 g/mol. The minimum atomic E-state index is -0.584. The smallest absolute Gasteiger partial charge is 0.252 e. The van der Waals surface area contributed by atoms with Gasteiger partial charge in [0.25, 0.3) is 5.91 Å². The Morgan fingerprint density at radius 2 is 1.90 bits per heavy atom. The molecule has 0 unspecified atom stereocenters. The number of rotatable bonds is 5. The van der Waals surface area contributed by atoms with E-state index >= 15 is 0 Å². The largest absolute Gasteiger partial charge is 0.495 e. The highest BCUT2D eigenvalue weighted by Gasteiger charge is 2.21. The van der Waals surface area contributed by atoms with Crippen molar-refractivity contribution in [3.63, 3.8) is 0 Å². The summed E-state index contributed by atoms with van der Waals surface area (Å²) in [6.45, 7) is 3.64. The highest BCUT2D eigenvalue weighted by Crippen LogP contribution is 2.39. The first-order valence-electron chi connectivity index (χ1n) is 9.83. The second-order valence-electron chi connectivity index (χ2n) is 7.49. The van der Waals surface area contributed by atoms with Gasteiger partial charge in [0.1, 0.15) is 5.75 Å². The number of benzene rings is 2. The third-order valence-electron chi connectivity index (χ3n) is 5.47. The van der Waals surface area contributed by atoms with E-state index in [0.717, 1.165) is 43.0 Å². The molecule has 0 aliphatic carbocycles. The number of piperazine rings is 1. The van der Waals surface area contributed by atoms with Crippen LogP contribution < -0.4 is 20.7 Å². The third kappa shape index (κ3) is 4.35. The molecule has 1 aromatic heterocycles. The number of anilines is 3. The predicted octanol–water partition coefficient (Wildman–Crippen LogP) is 4.14. The van der Waals surface area contributed by atoms with Crippen LogP contribution in [0.2, 0.25) is 10.0 Å². The number of fused-ring (bicyclic) bond motifs is 1. The number of methoxy groups -OCH3 is 1. The van der Waals surface area contributed by atoms with Gasteiger partial charge in [0, 0.05) is 48.9 Å². The summed E-state index contributed by atoms with van der Waals surface area (Å²) in [4.78, 5) is 21.2. The number of carbonyl (C=O) groups is 1. The molecule has 1 aliphatic heterocycles. The molecule has 31 heavy (non-hydrogen) atoms. The number of pyridine rings is 1. The molecular weight excluding hydrogens is 437 g/mol. The molecule has 0 saturated carbocycles. The summed E-state index contributed by atoms with van der Waals surface area (Å²) in [5.74, 6) is 0.144. The molecule has 1 saturated heterocycles. The van der Waals surface area contributed by atoms with Gasteiger partial charge in [0.2, 0.25) is 0 Å². The van der Waals surface area contributed by atoms with Crippen molar-refractivity contribution in [2.24, 2.45) is 5.73 Å². The number of nitrogens with two attached hydrogens (primary N) is 1. The lowest BCUT2D eigenvalue weighted by molar-refractivity contribution is 0.100. The van der Waals surface area contributed by atoms with Gasteiger partial charge in [-0.15, -0.1) is 0 Å². The van der Waals surface area contributed by atoms with Crippen LogP contribution in [0.5, 0.6) is 5.75 Å². The molecule has 0 spiro atoms. The Bertz CT molecular complexity index is 1150. The van der Waals surface area contributed by atoms with Crippen LogP contribution in [0.4, 0.5) is 17.1 Å². The van der Waals surface area contributed by atoms with Crippen LogP contribution in [0.25, 0.3) is 10.9 Å². The topological polar surface area (TPSA) is 83.7 Å². The molecule has 3 aromatic rings. The van der Waals surface area contributed by atoms with Gasteiger partial charge < -0.3 is 25.6 Å². The Kier molecular flexibility index (Phi) is 6.09. The summed E-state index contributed by atoms with van der Waals surface area (Å²) in [5.41, 5.74) is 8.70. The van der Waals surface area contributed by atoms with E-state index in [9.17, 15) is 4.79 Å². The maximum absolute atomic E-state index is 12.2. The summed E-state index contributed by atoms with van der Waals surface area (Å²) >= 11 is 12.4. The molecule has 4 rings (SSSR count). The lowest BCUT2D eigenvalue weighted by Gasteiger charge is -2.35. The second kappa shape index (κ2) is 8.78. The average molecular weight is 460 g/mol. The lowest BCUT2D eigenvalue weighted by Crippen LogP contribution is -2.44. The molecule has 0 atom stereocenters. The number of aromatic nitrogens is 1. The van der Waals surface area contributed by atoms with E-state index in [1.807, 2.05) is 12.1 Å². The zero-order valence-electron chi connectivity index (χ0n) is 17.3. The Labute approximate surface area is 190 Å². The summed E-state index contributed by atoms with van der Waals surface area (Å²) in [6, 6.07) is 8.99. The number of nitrogens with zero attached hydrogens (tertiary/aromatic N) is 3. The van der Waals surface area contributed by atoms with Gasteiger partial charge in [-0.05, 0) is 31.3 Å². The molecule has 7 nitrogen and oxygen atoms in total. The molecule has 3 N–H and O–H groups in total. The van der Waals surface area contributed by atoms with Gasteiger partial charge in [-0.3, -0.25) is 9.78 Å². The number of ether oxygens (including phenoxy) is 1. The highest BCUT2D eigenvalue weighted by molar-refractivity contribution is 6.36. The number of primary amides is 1. The predicted molar refractivity (Wildman–Crippen MR) is 126 cm³/mol. The molecule has 162 valence electrons. The first-order chi connectivity index (χ1) is 14.9. The Hall–Kier alpha value is -2.74. The summed E-state index contributed by atoms with van der Waals surface area (Å²) in [5, 5.41) is 4.97. The number of halogens is 2. The van der Waals surface area contributed by atoms with Crippen molar-refractivity contribution in [2.45, 2.75) is 0 Å². The zero-order valence-corrected chi connectivity index (χ0v) is 18.8. The summed E-state index contributed by atoms with van der Waals surface area (Å²) in [6.07, 6.45) is 1.46. The van der Waals surface area contributed by atoms with Crippen LogP contribution in [-0.2, 0) is 0 Å². The van der Waals surface area contributed by atoms with Crippen molar-refractivity contribution in [3.8, 4) is 5.75 Å². The van der Waals surface area contributed by atoms with E-state index in [2.05, 4.69) is 27.1 Å². The van der Waals surface area contributed by atoms with E-state index in [4.69, 9.17) is 33.7 Å². The quantitative estimate of drug-likeness (QED) is 0.596. The van der Waals surface area contributed by atoms with Gasteiger partial charge in [-0.2, -0.15) is 0 Å². The van der Waals surface area contributed by atoms with E-state index in [1.165, 1.54) is 6.20 Å². The molecule has 1 amide bonds. The van der Waals surface area contributed by atoms with Crippen molar-refractivity contribution in [1.82, 2.24) is 9.88 Å². The van der Waals surface area contributed by atoms with Crippen LogP contribution >= 0.6 is 23.2 Å². The van der Waals surface area contributed by atoms with Crippen molar-refractivity contribution in [2.75, 3.05) is 50.6 Å². The maximum Gasteiger partial charge on any atom is 0.252 e. The normalized spacial score (nSPS) is 14.6. The van der Waals surface area contributed by atoms with Gasteiger partial charge in [-0.1, -0.05) is 23.2 Å². The molecular formula is C22H23Cl2N5O2. The summed E-state index contributed by atoms with van der Waals surface area (Å²) in [7, 11) is 3.75. The van der Waals surface area contributed by atoms with E-state index < -0.39 is 5.91 Å². The number of hydrogen-bond donors (Lipinski definition) is 2. The number of carbonyl (C=O) groups excluding carboxylic acids is 1. The standard InChI is InChI=1S/C22H23Cl2N5O2/c1-28-5-7-29(8-6-28)19-10-14-18(11-20(19)31-2)26-12-15(22(25)30)21(14)27-17-4-3-13(23)9-16(17)24/h3-4,9-12H,5-8H2,1-2H3,(H2,25,30)(H,26,27). The molecule has 0 radical (unpaired) electrons. The summed E-state index contributed by atoms with van der Waals surface area (Å²) < 4.78 is 5.66. The SMILES string of the molecule is COc1cc2ncc(C(N)=O)c(Nc3ccc(Cl)cc3Cl)c2cc1N1CCN(C)CC1. The Morgan fingerprint density at radius 1 is 1.16 bits per heavy atom.